The van der Waals surface area contributed by atoms with Crippen LogP contribution in [0.2, 0.25) is 0 Å². The molecule has 0 bridgehead atoms. The Labute approximate surface area is 56.0 Å². The summed E-state index contributed by atoms with van der Waals surface area (Å²) in [6.07, 6.45) is 0.956. The number of hydrogen-bond acceptors (Lipinski definition) is 5. The van der Waals surface area contributed by atoms with Gasteiger partial charge in [-0.25, -0.2) is 9.89 Å². The number of rotatable bonds is 1. The molecule has 0 aliphatic rings. The number of hydrogen-bond donors (Lipinski definition) is 1. The van der Waals surface area contributed by atoms with Crippen LogP contribution in [-0.4, -0.2) is 23.3 Å². The fourth-order valence-electron chi connectivity index (χ4n) is 0.372. The maximum Gasteiger partial charge on any atom is 0.364 e. The van der Waals surface area contributed by atoms with E-state index in [0.717, 1.165) is 6.33 Å². The zero-order valence-corrected chi connectivity index (χ0v) is 5.37. The summed E-state index contributed by atoms with van der Waals surface area (Å²) in [6.45, 7) is 0. The predicted octanol–water partition coefficient (Wildman–Crippen LogP) is -1.60. The van der Waals surface area contributed by atoms with Crippen molar-refractivity contribution in [1.82, 2.24) is 14.9 Å². The lowest BCUT2D eigenvalue weighted by atomic mass is 11.2. The number of aromatic amines is 1. The lowest BCUT2D eigenvalue weighted by Gasteiger charge is -1.75. The highest BCUT2D eigenvalue weighted by atomic mass is 32.2. The number of H-pyrrole nitrogens is 1. The quantitative estimate of drug-likeness (QED) is 0.537. The van der Waals surface area contributed by atoms with E-state index in [9.17, 15) is 13.2 Å². The molecule has 1 rings (SSSR count). The molecule has 0 aliphatic heterocycles. The molecule has 0 saturated carbocycles. The molecule has 0 amide bonds. The van der Waals surface area contributed by atoms with Gasteiger partial charge in [-0.05, 0) is 4.47 Å². The van der Waals surface area contributed by atoms with E-state index in [0.29, 0.717) is 4.68 Å². The van der Waals surface area contributed by atoms with Crippen LogP contribution in [0.5, 0.6) is 0 Å². The third kappa shape index (κ3) is 1.29. The second-order valence-corrected chi connectivity index (χ2v) is 1.90. The first-order valence-corrected chi connectivity index (χ1v) is 3.17. The van der Waals surface area contributed by atoms with Crippen LogP contribution >= 0.6 is 0 Å². The zero-order chi connectivity index (χ0) is 7.56. The smallest absolute Gasteiger partial charge is 0.244 e. The fourth-order valence-corrected chi connectivity index (χ4v) is 0.632. The van der Waals surface area contributed by atoms with E-state index in [1.165, 1.54) is 0 Å². The van der Waals surface area contributed by atoms with Gasteiger partial charge in [0.2, 0.25) is 0 Å². The summed E-state index contributed by atoms with van der Waals surface area (Å²) in [5, 5.41) is 5.20. The van der Waals surface area contributed by atoms with Crippen molar-refractivity contribution in [2.45, 2.75) is 0 Å². The molecule has 0 radical (unpaired) electrons. The minimum Gasteiger partial charge on any atom is -0.244 e. The van der Waals surface area contributed by atoms with Gasteiger partial charge in [0, 0.05) is 0 Å². The van der Waals surface area contributed by atoms with Crippen molar-refractivity contribution in [2.75, 3.05) is 0 Å². The third-order valence-electron chi connectivity index (χ3n) is 0.690. The second-order valence-electron chi connectivity index (χ2n) is 1.30. The Kier molecular flexibility index (Phi) is 1.63. The number of nitrogens with one attached hydrogen (secondary N) is 1. The van der Waals surface area contributed by atoms with Gasteiger partial charge in [0.25, 0.3) is 0 Å². The Morgan fingerprint density at radius 1 is 1.70 bits per heavy atom. The van der Waals surface area contributed by atoms with Gasteiger partial charge in [0.05, 0.1) is 0 Å². The Morgan fingerprint density at radius 2 is 2.40 bits per heavy atom. The van der Waals surface area contributed by atoms with Gasteiger partial charge < -0.3 is 0 Å². The highest BCUT2D eigenvalue weighted by Crippen LogP contribution is 1.69. The molecule has 0 atom stereocenters. The van der Waals surface area contributed by atoms with E-state index in [2.05, 4.69) is 9.57 Å². The average Bonchev–Trinajstić information content (AvgIpc) is 2.15. The highest BCUT2D eigenvalue weighted by Gasteiger charge is 1.90. The lowest BCUT2D eigenvalue weighted by molar-refractivity contribution is 0.615. The molecular formula is C2H2N4O3S. The van der Waals surface area contributed by atoms with Crippen molar-refractivity contribution in [2.24, 2.45) is 4.47 Å². The van der Waals surface area contributed by atoms with E-state index in [-0.39, 0.29) is 0 Å². The number of aromatic nitrogens is 3. The SMILES string of the molecule is O=c1[nH]ncn1N=S(=O)=O. The van der Waals surface area contributed by atoms with Crippen LogP contribution in [0.15, 0.2) is 15.6 Å². The van der Waals surface area contributed by atoms with Crippen molar-refractivity contribution in [3.05, 3.63) is 16.8 Å². The summed E-state index contributed by atoms with van der Waals surface area (Å²) in [4.78, 5) is 10.4. The Bertz CT molecular complexity index is 388. The standard InChI is InChI=1S/C2H2N4O3S/c7-2-4-3-1-6(2)5-10(8)9/h1H,(H,4,7). The summed E-state index contributed by atoms with van der Waals surface area (Å²) in [6, 6.07) is 0. The molecule has 1 N–H and O–H groups in total. The van der Waals surface area contributed by atoms with E-state index in [4.69, 9.17) is 0 Å². The van der Waals surface area contributed by atoms with Crippen molar-refractivity contribution >= 4 is 10.5 Å². The molecule has 0 spiro atoms. The van der Waals surface area contributed by atoms with Crippen LogP contribution in [0.3, 0.4) is 0 Å². The first-order valence-electron chi connectivity index (χ1n) is 2.13. The number of nitrogens with zero attached hydrogens (tertiary/aromatic N) is 3. The van der Waals surface area contributed by atoms with E-state index in [1.54, 1.807) is 0 Å². The van der Waals surface area contributed by atoms with Gasteiger partial charge in [-0.3, -0.25) is 0 Å². The molecule has 1 heterocycles. The van der Waals surface area contributed by atoms with Crippen molar-refractivity contribution in [3.63, 3.8) is 0 Å². The van der Waals surface area contributed by atoms with Gasteiger partial charge in [-0.1, -0.05) is 0 Å². The highest BCUT2D eigenvalue weighted by molar-refractivity contribution is 7.61. The third-order valence-corrected chi connectivity index (χ3v) is 0.999. The largest absolute Gasteiger partial charge is 0.364 e. The monoisotopic (exact) mass is 162 g/mol. The molecule has 0 unspecified atom stereocenters. The van der Waals surface area contributed by atoms with E-state index < -0.39 is 16.2 Å². The topological polar surface area (TPSA) is 97.2 Å². The molecule has 0 aromatic carbocycles. The molecule has 1 aromatic rings. The summed E-state index contributed by atoms with van der Waals surface area (Å²) in [5.74, 6) is 0. The summed E-state index contributed by atoms with van der Waals surface area (Å²) in [7, 11) is -2.63. The minimum absolute atomic E-state index is 0.573. The predicted molar refractivity (Wildman–Crippen MR) is 29.6 cm³/mol. The second kappa shape index (κ2) is 2.43. The first-order chi connectivity index (χ1) is 4.70. The van der Waals surface area contributed by atoms with Crippen molar-refractivity contribution in [1.29, 1.82) is 0 Å². The van der Waals surface area contributed by atoms with Crippen LogP contribution in [0, 0.1) is 0 Å². The minimum atomic E-state index is -2.63. The lowest BCUT2D eigenvalue weighted by Crippen LogP contribution is -2.11. The van der Waals surface area contributed by atoms with Crippen LogP contribution in [0.1, 0.15) is 0 Å². The molecule has 0 fully saturated rings. The maximum absolute atomic E-state index is 10.4. The van der Waals surface area contributed by atoms with E-state index in [1.807, 2.05) is 5.10 Å². The molecule has 7 nitrogen and oxygen atoms in total. The average molecular weight is 162 g/mol. The van der Waals surface area contributed by atoms with Crippen LogP contribution < -0.4 is 5.69 Å². The zero-order valence-electron chi connectivity index (χ0n) is 4.55. The molecule has 1 aromatic heterocycles. The summed E-state index contributed by atoms with van der Waals surface area (Å²) >= 11 is 0. The Balaban J connectivity index is 3.33. The normalized spacial score (nSPS) is 9.20. The van der Waals surface area contributed by atoms with Crippen LogP contribution in [-0.2, 0) is 10.5 Å². The fraction of sp³-hybridized carbons (Fsp3) is 0. The molecule has 0 aliphatic carbocycles. The van der Waals surface area contributed by atoms with Gasteiger partial charge >= 0.3 is 16.2 Å². The van der Waals surface area contributed by atoms with Crippen LogP contribution in [0.4, 0.5) is 0 Å². The van der Waals surface area contributed by atoms with Crippen LogP contribution in [0.25, 0.3) is 0 Å². The molecule has 54 valence electrons. The van der Waals surface area contributed by atoms with E-state index >= 15 is 0 Å². The molecule has 10 heavy (non-hydrogen) atoms. The van der Waals surface area contributed by atoms with Crippen molar-refractivity contribution in [3.8, 4) is 0 Å². The molecule has 8 heteroatoms. The Hall–Kier alpha value is -1.44. The van der Waals surface area contributed by atoms with Crippen molar-refractivity contribution < 1.29 is 8.42 Å². The van der Waals surface area contributed by atoms with Gasteiger partial charge in [-0.15, -0.1) is 0 Å². The molecule has 0 saturated heterocycles. The van der Waals surface area contributed by atoms with Gasteiger partial charge in [0.1, 0.15) is 6.33 Å². The van der Waals surface area contributed by atoms with Gasteiger partial charge in [-0.2, -0.15) is 18.2 Å². The Morgan fingerprint density at radius 3 is 2.80 bits per heavy atom. The molecular weight excluding hydrogens is 160 g/mol. The first kappa shape index (κ1) is 6.68. The van der Waals surface area contributed by atoms with Gasteiger partial charge in [0.15, 0.2) is 0 Å². The summed E-state index contributed by atoms with van der Waals surface area (Å²) < 4.78 is 23.1. The maximum atomic E-state index is 10.4. The summed E-state index contributed by atoms with van der Waals surface area (Å²) in [5.41, 5.74) is -0.691.